The molecule has 6 heteroatoms. The molecule has 2 heterocycles. The normalized spacial score (nSPS) is 14.6. The first-order chi connectivity index (χ1) is 13.9. The molecule has 1 aliphatic carbocycles. The molecule has 5 nitrogen and oxygen atoms in total. The predicted molar refractivity (Wildman–Crippen MR) is 114 cm³/mol. The number of hydrogen-bond acceptors (Lipinski definition) is 3. The van der Waals surface area contributed by atoms with Crippen LogP contribution in [0.15, 0.2) is 58.7 Å². The monoisotopic (exact) mass is 405 g/mol. The first-order valence-corrected chi connectivity index (χ1v) is 11.3. The van der Waals surface area contributed by atoms with E-state index in [9.17, 15) is 8.42 Å². The Hall–Kier alpha value is -2.86. The summed E-state index contributed by atoms with van der Waals surface area (Å²) in [5.41, 5.74) is 5.30. The van der Waals surface area contributed by atoms with Crippen LogP contribution in [-0.4, -0.2) is 23.0 Å². The van der Waals surface area contributed by atoms with Gasteiger partial charge in [0.05, 0.1) is 16.9 Å². The van der Waals surface area contributed by atoms with Gasteiger partial charge >= 0.3 is 0 Å². The fourth-order valence-corrected chi connectivity index (χ4v) is 6.11. The summed E-state index contributed by atoms with van der Waals surface area (Å²) >= 11 is 0. The first kappa shape index (κ1) is 18.2. The van der Waals surface area contributed by atoms with E-state index in [1.807, 2.05) is 61.9 Å². The van der Waals surface area contributed by atoms with Crippen molar-refractivity contribution in [1.29, 1.82) is 0 Å². The first-order valence-electron chi connectivity index (χ1n) is 9.84. The summed E-state index contributed by atoms with van der Waals surface area (Å²) in [5.74, 6) is 0.306. The van der Waals surface area contributed by atoms with E-state index in [2.05, 4.69) is 9.97 Å². The van der Waals surface area contributed by atoms with Gasteiger partial charge in [0.2, 0.25) is 9.84 Å². The lowest BCUT2D eigenvalue weighted by Gasteiger charge is -2.12. The van der Waals surface area contributed by atoms with Gasteiger partial charge in [-0.05, 0) is 69.0 Å². The Kier molecular flexibility index (Phi) is 3.96. The van der Waals surface area contributed by atoms with E-state index < -0.39 is 9.84 Å². The smallest absolute Gasteiger partial charge is 0.209 e. The van der Waals surface area contributed by atoms with Gasteiger partial charge in [-0.25, -0.2) is 13.4 Å². The number of nitrogens with one attached hydrogen (secondary N) is 1. The number of rotatable bonds is 4. The molecule has 1 N–H and O–H groups in total. The van der Waals surface area contributed by atoms with Crippen molar-refractivity contribution in [1.82, 2.24) is 14.5 Å². The molecular weight excluding hydrogens is 382 g/mol. The van der Waals surface area contributed by atoms with Gasteiger partial charge in [-0.2, -0.15) is 0 Å². The third-order valence-corrected chi connectivity index (χ3v) is 7.72. The number of nitrogens with zero attached hydrogens (tertiary/aromatic N) is 2. The molecule has 0 atom stereocenters. The Labute approximate surface area is 170 Å². The third-order valence-electron chi connectivity index (χ3n) is 5.73. The maximum atomic E-state index is 13.8. The fourth-order valence-electron chi connectivity index (χ4n) is 4.12. The second kappa shape index (κ2) is 6.32. The van der Waals surface area contributed by atoms with E-state index in [0.29, 0.717) is 15.7 Å². The number of imidazole rings is 1. The highest BCUT2D eigenvalue weighted by molar-refractivity contribution is 7.91. The molecule has 5 rings (SSSR count). The van der Waals surface area contributed by atoms with E-state index >= 15 is 0 Å². The second-order valence-electron chi connectivity index (χ2n) is 8.02. The Morgan fingerprint density at radius 3 is 2.52 bits per heavy atom. The van der Waals surface area contributed by atoms with Gasteiger partial charge in [0.15, 0.2) is 0 Å². The summed E-state index contributed by atoms with van der Waals surface area (Å²) in [6.07, 6.45) is 5.74. The molecule has 0 radical (unpaired) electrons. The number of aryl methyl sites for hydroxylation is 3. The van der Waals surface area contributed by atoms with Crippen molar-refractivity contribution in [3.05, 3.63) is 71.4 Å². The molecule has 1 saturated carbocycles. The molecule has 4 aromatic rings. The highest BCUT2D eigenvalue weighted by Crippen LogP contribution is 2.46. The summed E-state index contributed by atoms with van der Waals surface area (Å²) < 4.78 is 29.6. The molecule has 0 bridgehead atoms. The minimum absolute atomic E-state index is 0.306. The SMILES string of the molecule is Cc1cn(-c2ccc(S(=O)(=O)c3c(C4CC4)[nH]c4cccc(C)c34)c(C)c2)cn1. The van der Waals surface area contributed by atoms with Crippen LogP contribution < -0.4 is 0 Å². The van der Waals surface area contributed by atoms with Gasteiger partial charge in [0.25, 0.3) is 0 Å². The van der Waals surface area contributed by atoms with Crippen LogP contribution in [-0.2, 0) is 9.84 Å². The van der Waals surface area contributed by atoms with Gasteiger partial charge in [0.1, 0.15) is 4.90 Å². The van der Waals surface area contributed by atoms with Crippen LogP contribution in [0.1, 0.15) is 41.3 Å². The number of fused-ring (bicyclic) bond motifs is 1. The molecule has 29 heavy (non-hydrogen) atoms. The zero-order valence-corrected chi connectivity index (χ0v) is 17.5. The molecule has 2 aromatic heterocycles. The maximum absolute atomic E-state index is 13.8. The van der Waals surface area contributed by atoms with Crippen LogP contribution >= 0.6 is 0 Å². The highest BCUT2D eigenvalue weighted by Gasteiger charge is 2.35. The number of benzene rings is 2. The lowest BCUT2D eigenvalue weighted by molar-refractivity contribution is 0.595. The molecule has 0 amide bonds. The zero-order chi connectivity index (χ0) is 20.3. The number of aromatic amines is 1. The minimum Gasteiger partial charge on any atom is -0.357 e. The summed E-state index contributed by atoms with van der Waals surface area (Å²) in [5, 5.41) is 0.822. The predicted octanol–water partition coefficient (Wildman–Crippen LogP) is 4.99. The van der Waals surface area contributed by atoms with Crippen molar-refractivity contribution in [2.75, 3.05) is 0 Å². The van der Waals surface area contributed by atoms with Crippen LogP contribution in [0.2, 0.25) is 0 Å². The lowest BCUT2D eigenvalue weighted by Crippen LogP contribution is -2.07. The van der Waals surface area contributed by atoms with Crippen molar-refractivity contribution < 1.29 is 8.42 Å². The fraction of sp³-hybridized carbons (Fsp3) is 0.261. The standard InChI is InChI=1S/C23H23N3O2S/c1-14-5-4-6-19-21(14)23(22(25-19)17-7-8-17)29(27,28)20-10-9-18(11-15(20)2)26-12-16(3)24-13-26/h4-6,9-13,17,25H,7-8H2,1-3H3. The Morgan fingerprint density at radius 1 is 1.07 bits per heavy atom. The van der Waals surface area contributed by atoms with Crippen LogP contribution in [0, 0.1) is 20.8 Å². The molecule has 1 fully saturated rings. The molecule has 2 aromatic carbocycles. The third kappa shape index (κ3) is 2.90. The molecule has 0 unspecified atom stereocenters. The summed E-state index contributed by atoms with van der Waals surface area (Å²) in [4.78, 5) is 8.49. The average Bonchev–Trinajstić information content (AvgIpc) is 3.30. The zero-order valence-electron chi connectivity index (χ0n) is 16.7. The minimum atomic E-state index is -3.66. The Bertz CT molecular complexity index is 1360. The summed E-state index contributed by atoms with van der Waals surface area (Å²) in [6, 6.07) is 11.4. The van der Waals surface area contributed by atoms with Gasteiger partial charge in [-0.15, -0.1) is 0 Å². The molecule has 0 saturated heterocycles. The number of sulfone groups is 1. The van der Waals surface area contributed by atoms with Crippen LogP contribution in [0.5, 0.6) is 0 Å². The molecular formula is C23H23N3O2S. The topological polar surface area (TPSA) is 67.8 Å². The van der Waals surface area contributed by atoms with Crippen molar-refractivity contribution in [2.45, 2.75) is 49.3 Å². The van der Waals surface area contributed by atoms with Gasteiger partial charge in [-0.3, -0.25) is 0 Å². The average molecular weight is 406 g/mol. The van der Waals surface area contributed by atoms with E-state index in [1.165, 1.54) is 0 Å². The van der Waals surface area contributed by atoms with Crippen LogP contribution in [0.3, 0.4) is 0 Å². The molecule has 1 aliphatic rings. The molecule has 0 spiro atoms. The highest BCUT2D eigenvalue weighted by atomic mass is 32.2. The Morgan fingerprint density at radius 2 is 1.86 bits per heavy atom. The quantitative estimate of drug-likeness (QED) is 0.520. The van der Waals surface area contributed by atoms with Crippen LogP contribution in [0.4, 0.5) is 0 Å². The van der Waals surface area contributed by atoms with E-state index in [-0.39, 0.29) is 0 Å². The van der Waals surface area contributed by atoms with Gasteiger partial charge < -0.3 is 9.55 Å². The van der Waals surface area contributed by atoms with Crippen molar-refractivity contribution >= 4 is 20.7 Å². The lowest BCUT2D eigenvalue weighted by atomic mass is 10.1. The molecule has 0 aliphatic heterocycles. The number of aromatic nitrogens is 3. The Balaban J connectivity index is 1.70. The van der Waals surface area contributed by atoms with Crippen molar-refractivity contribution in [3.8, 4) is 5.69 Å². The van der Waals surface area contributed by atoms with Gasteiger partial charge in [-0.1, -0.05) is 12.1 Å². The van der Waals surface area contributed by atoms with E-state index in [1.54, 1.807) is 12.4 Å². The van der Waals surface area contributed by atoms with E-state index in [0.717, 1.165) is 51.9 Å². The maximum Gasteiger partial charge on any atom is 0.209 e. The van der Waals surface area contributed by atoms with Crippen molar-refractivity contribution in [2.24, 2.45) is 0 Å². The number of H-pyrrole nitrogens is 1. The van der Waals surface area contributed by atoms with Crippen LogP contribution in [0.25, 0.3) is 16.6 Å². The summed E-state index contributed by atoms with van der Waals surface area (Å²) in [6.45, 7) is 5.77. The van der Waals surface area contributed by atoms with Crippen molar-refractivity contribution in [3.63, 3.8) is 0 Å². The largest absolute Gasteiger partial charge is 0.357 e. The molecule has 148 valence electrons. The second-order valence-corrected chi connectivity index (χ2v) is 9.87. The van der Waals surface area contributed by atoms with Gasteiger partial charge in [0, 0.05) is 34.4 Å². The summed E-state index contributed by atoms with van der Waals surface area (Å²) in [7, 11) is -3.66. The van der Waals surface area contributed by atoms with E-state index in [4.69, 9.17) is 0 Å². The number of hydrogen-bond donors (Lipinski definition) is 1.